The molecule has 3 atom stereocenters. The van der Waals surface area contributed by atoms with Crippen molar-refractivity contribution in [1.82, 2.24) is 0 Å². The second kappa shape index (κ2) is 2.79. The predicted molar refractivity (Wildman–Crippen MR) is 44.4 cm³/mol. The van der Waals surface area contributed by atoms with E-state index in [1.165, 1.54) is 0 Å². The highest BCUT2D eigenvalue weighted by molar-refractivity contribution is 6.11. The Balaban J connectivity index is 2.71. The third kappa shape index (κ3) is 1.32. The average molecular weight is 154 g/mol. The number of aliphatic hydroxyl groups is 1. The fourth-order valence-electron chi connectivity index (χ4n) is 1.42. The normalized spacial score (nSPS) is 42.7. The Bertz CT molecular complexity index is 147. The quantitative estimate of drug-likeness (QED) is 0.558. The van der Waals surface area contributed by atoms with E-state index in [2.05, 4.69) is 20.8 Å². The number of rotatable bonds is 1. The van der Waals surface area contributed by atoms with Crippen LogP contribution in [0, 0.1) is 11.3 Å². The summed E-state index contributed by atoms with van der Waals surface area (Å²) in [4.78, 5) is 0. The standard InChI is InChI=1S/C8H15BO2/c1-5-6(4-10)11-7(9)8(5,2)3/h5-7,10H,4H2,1-3H3/t5-,6-,7-/m1/s1. The van der Waals surface area contributed by atoms with Crippen molar-refractivity contribution in [1.29, 1.82) is 0 Å². The zero-order chi connectivity index (χ0) is 8.65. The van der Waals surface area contributed by atoms with E-state index in [9.17, 15) is 0 Å². The van der Waals surface area contributed by atoms with Crippen LogP contribution in [0.1, 0.15) is 20.8 Å². The van der Waals surface area contributed by atoms with E-state index in [0.29, 0.717) is 5.92 Å². The molecular formula is C8H15BO2. The Hall–Kier alpha value is -0.0151. The van der Waals surface area contributed by atoms with Gasteiger partial charge in [0, 0.05) is 6.00 Å². The number of hydrogen-bond donors (Lipinski definition) is 1. The van der Waals surface area contributed by atoms with Gasteiger partial charge in [-0.25, -0.2) is 0 Å². The molecule has 0 aliphatic carbocycles. The molecule has 1 heterocycles. The maximum Gasteiger partial charge on any atom is 0.109 e. The molecule has 1 aliphatic heterocycles. The molecule has 2 radical (unpaired) electrons. The molecule has 0 aromatic heterocycles. The average Bonchev–Trinajstić information content (AvgIpc) is 2.14. The van der Waals surface area contributed by atoms with Crippen molar-refractivity contribution in [3.63, 3.8) is 0 Å². The Morgan fingerprint density at radius 1 is 1.55 bits per heavy atom. The van der Waals surface area contributed by atoms with Crippen molar-refractivity contribution < 1.29 is 9.84 Å². The van der Waals surface area contributed by atoms with Gasteiger partial charge in [-0.05, 0) is 11.3 Å². The van der Waals surface area contributed by atoms with Crippen LogP contribution in [0.15, 0.2) is 0 Å². The molecule has 62 valence electrons. The van der Waals surface area contributed by atoms with E-state index < -0.39 is 0 Å². The van der Waals surface area contributed by atoms with Crippen molar-refractivity contribution in [3.8, 4) is 0 Å². The topological polar surface area (TPSA) is 29.5 Å². The Morgan fingerprint density at radius 2 is 2.09 bits per heavy atom. The third-order valence-electron chi connectivity index (χ3n) is 2.97. The molecule has 1 aliphatic rings. The van der Waals surface area contributed by atoms with E-state index >= 15 is 0 Å². The minimum atomic E-state index is -0.241. The van der Waals surface area contributed by atoms with Crippen LogP contribution >= 0.6 is 0 Å². The van der Waals surface area contributed by atoms with Crippen LogP contribution in [0.2, 0.25) is 0 Å². The summed E-state index contributed by atoms with van der Waals surface area (Å²) in [6.07, 6.45) is -0.0833. The molecule has 0 aromatic carbocycles. The molecule has 11 heavy (non-hydrogen) atoms. The van der Waals surface area contributed by atoms with Crippen LogP contribution in [-0.4, -0.2) is 31.7 Å². The molecule has 0 spiro atoms. The first-order chi connectivity index (χ1) is 5.00. The largest absolute Gasteiger partial charge is 0.394 e. The Labute approximate surface area is 69.3 Å². The minimum Gasteiger partial charge on any atom is -0.394 e. The number of ether oxygens (including phenoxy) is 1. The lowest BCUT2D eigenvalue weighted by Crippen LogP contribution is -2.30. The third-order valence-corrected chi connectivity index (χ3v) is 2.97. The maximum absolute atomic E-state index is 8.91. The fraction of sp³-hybridized carbons (Fsp3) is 1.00. The van der Waals surface area contributed by atoms with E-state index in [1.807, 2.05) is 0 Å². The summed E-state index contributed by atoms with van der Waals surface area (Å²) in [5.74, 6) is 0.322. The van der Waals surface area contributed by atoms with E-state index in [-0.39, 0.29) is 24.1 Å². The highest BCUT2D eigenvalue weighted by atomic mass is 16.5. The van der Waals surface area contributed by atoms with Gasteiger partial charge in [0.1, 0.15) is 7.85 Å². The minimum absolute atomic E-state index is 0.0204. The van der Waals surface area contributed by atoms with Gasteiger partial charge in [0.05, 0.1) is 12.7 Å². The Morgan fingerprint density at radius 3 is 2.27 bits per heavy atom. The smallest absolute Gasteiger partial charge is 0.109 e. The van der Waals surface area contributed by atoms with Gasteiger partial charge in [-0.3, -0.25) is 0 Å². The highest BCUT2D eigenvalue weighted by Gasteiger charge is 2.44. The predicted octanol–water partition coefficient (Wildman–Crippen LogP) is 0.534. The van der Waals surface area contributed by atoms with Crippen molar-refractivity contribution in [2.45, 2.75) is 32.9 Å². The molecule has 0 unspecified atom stereocenters. The van der Waals surface area contributed by atoms with Gasteiger partial charge in [0.2, 0.25) is 0 Å². The lowest BCUT2D eigenvalue weighted by Gasteiger charge is -2.27. The zero-order valence-corrected chi connectivity index (χ0v) is 7.37. The van der Waals surface area contributed by atoms with Crippen molar-refractivity contribution in [2.24, 2.45) is 11.3 Å². The first kappa shape index (κ1) is 9.08. The maximum atomic E-state index is 8.91. The van der Waals surface area contributed by atoms with Crippen LogP contribution in [0.25, 0.3) is 0 Å². The fourth-order valence-corrected chi connectivity index (χ4v) is 1.42. The van der Waals surface area contributed by atoms with Gasteiger partial charge in [-0.1, -0.05) is 20.8 Å². The van der Waals surface area contributed by atoms with Crippen LogP contribution in [0.4, 0.5) is 0 Å². The summed E-state index contributed by atoms with van der Waals surface area (Å²) in [6, 6.07) is -0.241. The molecule has 0 aromatic rings. The van der Waals surface area contributed by atoms with Gasteiger partial charge in [0.15, 0.2) is 0 Å². The first-order valence-corrected chi connectivity index (χ1v) is 4.02. The second-order valence-corrected chi connectivity index (χ2v) is 3.89. The van der Waals surface area contributed by atoms with Crippen LogP contribution in [0.5, 0.6) is 0 Å². The van der Waals surface area contributed by atoms with Gasteiger partial charge < -0.3 is 9.84 Å². The van der Waals surface area contributed by atoms with Gasteiger partial charge >= 0.3 is 0 Å². The molecule has 2 nitrogen and oxygen atoms in total. The monoisotopic (exact) mass is 154 g/mol. The zero-order valence-electron chi connectivity index (χ0n) is 7.37. The highest BCUT2D eigenvalue weighted by Crippen LogP contribution is 2.41. The summed E-state index contributed by atoms with van der Waals surface area (Å²) in [7, 11) is 5.74. The molecule has 1 saturated heterocycles. The number of hydrogen-bond acceptors (Lipinski definition) is 2. The lowest BCUT2D eigenvalue weighted by atomic mass is 9.69. The molecule has 0 amide bonds. The summed E-state index contributed by atoms with van der Waals surface area (Å²) in [5, 5.41) is 8.91. The Kier molecular flexibility index (Phi) is 2.31. The van der Waals surface area contributed by atoms with Gasteiger partial charge in [-0.2, -0.15) is 0 Å². The van der Waals surface area contributed by atoms with Crippen LogP contribution in [-0.2, 0) is 4.74 Å². The summed E-state index contributed by atoms with van der Waals surface area (Å²) >= 11 is 0. The van der Waals surface area contributed by atoms with E-state index in [1.54, 1.807) is 0 Å². The van der Waals surface area contributed by atoms with Crippen LogP contribution in [0.3, 0.4) is 0 Å². The van der Waals surface area contributed by atoms with Gasteiger partial charge in [-0.15, -0.1) is 0 Å². The summed E-state index contributed by atoms with van der Waals surface area (Å²) in [5.41, 5.74) is -0.0204. The van der Waals surface area contributed by atoms with Crippen molar-refractivity contribution in [2.75, 3.05) is 6.61 Å². The molecule has 0 saturated carbocycles. The van der Waals surface area contributed by atoms with Gasteiger partial charge in [0.25, 0.3) is 0 Å². The van der Waals surface area contributed by atoms with Crippen molar-refractivity contribution >= 4 is 7.85 Å². The molecule has 1 N–H and O–H groups in total. The summed E-state index contributed by atoms with van der Waals surface area (Å²) < 4.78 is 5.37. The van der Waals surface area contributed by atoms with E-state index in [4.69, 9.17) is 17.7 Å². The molecule has 1 fully saturated rings. The molecule has 3 heteroatoms. The summed E-state index contributed by atoms with van der Waals surface area (Å²) in [6.45, 7) is 6.27. The first-order valence-electron chi connectivity index (χ1n) is 4.02. The van der Waals surface area contributed by atoms with Crippen LogP contribution < -0.4 is 0 Å². The lowest BCUT2D eigenvalue weighted by molar-refractivity contribution is 0.0269. The molecule has 0 bridgehead atoms. The molecular weight excluding hydrogens is 139 g/mol. The molecule has 1 rings (SSSR count). The second-order valence-electron chi connectivity index (χ2n) is 3.89. The number of aliphatic hydroxyl groups excluding tert-OH is 1. The van der Waals surface area contributed by atoms with Crippen molar-refractivity contribution in [3.05, 3.63) is 0 Å². The van der Waals surface area contributed by atoms with E-state index in [0.717, 1.165) is 0 Å². The SMILES string of the molecule is [B][C@@H]1O[C@H](CO)[C@@H](C)C1(C)C.